The number of fused-ring (bicyclic) bond motifs is 1. The maximum absolute atomic E-state index is 13.0. The Hall–Kier alpha value is -2.52. The first kappa shape index (κ1) is 20.7. The molecular weight excluding hydrogens is 406 g/mol. The van der Waals surface area contributed by atoms with Crippen molar-refractivity contribution >= 4 is 45.0 Å². The van der Waals surface area contributed by atoms with Gasteiger partial charge >= 0.3 is 5.97 Å². The summed E-state index contributed by atoms with van der Waals surface area (Å²) in [5.74, 6) is -0.675. The van der Waals surface area contributed by atoms with Crippen LogP contribution in [0, 0.1) is 5.92 Å². The third-order valence-electron chi connectivity index (χ3n) is 5.71. The topological polar surface area (TPSA) is 97.8 Å². The number of nitrogens with one attached hydrogen (secondary N) is 1. The van der Waals surface area contributed by atoms with Gasteiger partial charge in [0.15, 0.2) is 0 Å². The van der Waals surface area contributed by atoms with E-state index < -0.39 is 5.97 Å². The van der Waals surface area contributed by atoms with Crippen LogP contribution in [0.1, 0.15) is 42.3 Å². The molecule has 3 heterocycles. The summed E-state index contributed by atoms with van der Waals surface area (Å²) in [6.07, 6.45) is 4.65. The summed E-state index contributed by atoms with van der Waals surface area (Å²) in [7, 11) is 0. The number of thiophene rings is 1. The fraction of sp³-hybridized carbons (Fsp3) is 0.524. The van der Waals surface area contributed by atoms with Crippen molar-refractivity contribution in [1.29, 1.82) is 0 Å². The normalized spacial score (nSPS) is 22.2. The fourth-order valence-corrected chi connectivity index (χ4v) is 5.18. The summed E-state index contributed by atoms with van der Waals surface area (Å²) in [4.78, 5) is 44.7. The number of carbonyl (C=O) groups excluding carboxylic acids is 3. The SMILES string of the molecule is CCOC(=O)c1sc2ncccc2c1NC(=O)C1CCC(N2CCOCC2=O)CC1. The van der Waals surface area contributed by atoms with Crippen molar-refractivity contribution in [2.24, 2.45) is 5.92 Å². The van der Waals surface area contributed by atoms with E-state index in [0.717, 1.165) is 18.2 Å². The number of morpholine rings is 1. The molecule has 4 rings (SSSR count). The minimum absolute atomic E-state index is 0.0328. The molecule has 1 saturated carbocycles. The number of hydrogen-bond acceptors (Lipinski definition) is 7. The van der Waals surface area contributed by atoms with Crippen LogP contribution in [0.5, 0.6) is 0 Å². The van der Waals surface area contributed by atoms with Crippen molar-refractivity contribution in [3.8, 4) is 0 Å². The van der Waals surface area contributed by atoms with Crippen LogP contribution in [0.25, 0.3) is 10.2 Å². The zero-order valence-corrected chi connectivity index (χ0v) is 17.7. The number of esters is 1. The summed E-state index contributed by atoms with van der Waals surface area (Å²) in [6, 6.07) is 3.80. The van der Waals surface area contributed by atoms with Crippen molar-refractivity contribution in [2.45, 2.75) is 38.6 Å². The standard InChI is InChI=1S/C21H25N3O5S/c1-2-29-21(27)18-17(15-4-3-9-22-20(15)30-18)23-19(26)13-5-7-14(8-6-13)24-10-11-28-12-16(24)25/h3-4,9,13-14H,2,5-8,10-12H2,1H3,(H,23,26). The van der Waals surface area contributed by atoms with Gasteiger partial charge in [-0.25, -0.2) is 9.78 Å². The van der Waals surface area contributed by atoms with E-state index in [0.29, 0.717) is 41.4 Å². The quantitative estimate of drug-likeness (QED) is 0.731. The molecule has 1 aliphatic heterocycles. The monoisotopic (exact) mass is 431 g/mol. The summed E-state index contributed by atoms with van der Waals surface area (Å²) in [5, 5.41) is 3.72. The molecular formula is C21H25N3O5S. The predicted octanol–water partition coefficient (Wildman–Crippen LogP) is 2.83. The lowest BCUT2D eigenvalue weighted by Gasteiger charge is -2.38. The first-order chi connectivity index (χ1) is 14.6. The van der Waals surface area contributed by atoms with Gasteiger partial charge in [0.2, 0.25) is 11.8 Å². The van der Waals surface area contributed by atoms with Crippen LogP contribution in [-0.4, -0.2) is 60.1 Å². The van der Waals surface area contributed by atoms with Gasteiger partial charge in [0, 0.05) is 30.1 Å². The Bertz CT molecular complexity index is 951. The minimum atomic E-state index is -0.453. The number of aromatic nitrogens is 1. The van der Waals surface area contributed by atoms with E-state index >= 15 is 0 Å². The number of nitrogens with zero attached hydrogens (tertiary/aromatic N) is 2. The maximum atomic E-state index is 13.0. The first-order valence-corrected chi connectivity index (χ1v) is 11.1. The van der Waals surface area contributed by atoms with Crippen LogP contribution >= 0.6 is 11.3 Å². The highest BCUT2D eigenvalue weighted by molar-refractivity contribution is 7.21. The lowest BCUT2D eigenvalue weighted by molar-refractivity contribution is -0.146. The van der Waals surface area contributed by atoms with Crippen molar-refractivity contribution in [2.75, 3.05) is 31.7 Å². The zero-order chi connectivity index (χ0) is 21.1. The number of rotatable bonds is 5. The minimum Gasteiger partial charge on any atom is -0.462 e. The molecule has 1 aliphatic carbocycles. The summed E-state index contributed by atoms with van der Waals surface area (Å²) in [5.41, 5.74) is 0.483. The van der Waals surface area contributed by atoms with Gasteiger partial charge in [0.05, 0.1) is 18.9 Å². The fourth-order valence-electron chi connectivity index (χ4n) is 4.19. The average Bonchev–Trinajstić information content (AvgIpc) is 3.13. The van der Waals surface area contributed by atoms with Gasteiger partial charge < -0.3 is 19.7 Å². The Labute approximate surface area is 178 Å². The second-order valence-corrected chi connectivity index (χ2v) is 8.52. The summed E-state index contributed by atoms with van der Waals surface area (Å²) >= 11 is 1.22. The molecule has 1 N–H and O–H groups in total. The number of pyridine rings is 1. The Morgan fingerprint density at radius 1 is 1.33 bits per heavy atom. The van der Waals surface area contributed by atoms with Crippen LogP contribution in [0.2, 0.25) is 0 Å². The third-order valence-corrected chi connectivity index (χ3v) is 6.80. The molecule has 2 aromatic heterocycles. The van der Waals surface area contributed by atoms with Gasteiger partial charge in [-0.2, -0.15) is 0 Å². The molecule has 2 fully saturated rings. The van der Waals surface area contributed by atoms with E-state index in [2.05, 4.69) is 10.3 Å². The molecule has 0 radical (unpaired) electrons. The Morgan fingerprint density at radius 3 is 2.87 bits per heavy atom. The molecule has 2 amide bonds. The molecule has 0 bridgehead atoms. The van der Waals surface area contributed by atoms with Gasteiger partial charge in [-0.05, 0) is 44.7 Å². The maximum Gasteiger partial charge on any atom is 0.350 e. The Kier molecular flexibility index (Phi) is 6.29. The largest absolute Gasteiger partial charge is 0.462 e. The average molecular weight is 432 g/mol. The van der Waals surface area contributed by atoms with E-state index in [-0.39, 0.29) is 37.0 Å². The molecule has 9 heteroatoms. The molecule has 2 aromatic rings. The zero-order valence-electron chi connectivity index (χ0n) is 16.9. The molecule has 160 valence electrons. The highest BCUT2D eigenvalue weighted by atomic mass is 32.1. The van der Waals surface area contributed by atoms with Crippen LogP contribution in [0.4, 0.5) is 5.69 Å². The predicted molar refractivity (Wildman–Crippen MR) is 112 cm³/mol. The lowest BCUT2D eigenvalue weighted by atomic mass is 9.84. The highest BCUT2D eigenvalue weighted by Gasteiger charge is 2.33. The second-order valence-electron chi connectivity index (χ2n) is 7.52. The van der Waals surface area contributed by atoms with E-state index in [9.17, 15) is 14.4 Å². The van der Waals surface area contributed by atoms with Crippen molar-refractivity contribution in [1.82, 2.24) is 9.88 Å². The van der Waals surface area contributed by atoms with Crippen LogP contribution in [0.3, 0.4) is 0 Å². The number of ether oxygens (including phenoxy) is 2. The Morgan fingerprint density at radius 2 is 2.13 bits per heavy atom. The van der Waals surface area contributed by atoms with Gasteiger partial charge in [-0.1, -0.05) is 0 Å². The summed E-state index contributed by atoms with van der Waals surface area (Å²) < 4.78 is 10.4. The lowest BCUT2D eigenvalue weighted by Crippen LogP contribution is -2.49. The second kappa shape index (κ2) is 9.09. The first-order valence-electron chi connectivity index (χ1n) is 10.3. The van der Waals surface area contributed by atoms with E-state index in [4.69, 9.17) is 9.47 Å². The molecule has 2 aliphatic rings. The van der Waals surface area contributed by atoms with E-state index in [1.54, 1.807) is 19.2 Å². The molecule has 8 nitrogen and oxygen atoms in total. The highest BCUT2D eigenvalue weighted by Crippen LogP contribution is 2.36. The Balaban J connectivity index is 1.45. The van der Waals surface area contributed by atoms with Crippen LogP contribution in [-0.2, 0) is 19.1 Å². The summed E-state index contributed by atoms with van der Waals surface area (Å²) in [6.45, 7) is 3.35. The molecule has 0 spiro atoms. The smallest absolute Gasteiger partial charge is 0.350 e. The number of hydrogen-bond donors (Lipinski definition) is 1. The van der Waals surface area contributed by atoms with E-state index in [1.807, 2.05) is 11.0 Å². The molecule has 0 aromatic carbocycles. The molecule has 0 unspecified atom stereocenters. The van der Waals surface area contributed by atoms with Crippen LogP contribution < -0.4 is 5.32 Å². The van der Waals surface area contributed by atoms with Gasteiger partial charge in [-0.15, -0.1) is 11.3 Å². The van der Waals surface area contributed by atoms with Gasteiger partial charge in [0.25, 0.3) is 0 Å². The number of anilines is 1. The molecule has 1 saturated heterocycles. The van der Waals surface area contributed by atoms with Gasteiger partial charge in [0.1, 0.15) is 16.3 Å². The number of carbonyl (C=O) groups is 3. The van der Waals surface area contributed by atoms with E-state index in [1.165, 1.54) is 11.3 Å². The number of amides is 2. The third kappa shape index (κ3) is 4.17. The van der Waals surface area contributed by atoms with Crippen molar-refractivity contribution < 1.29 is 23.9 Å². The molecule has 0 atom stereocenters. The van der Waals surface area contributed by atoms with Crippen molar-refractivity contribution in [3.63, 3.8) is 0 Å². The van der Waals surface area contributed by atoms with Crippen molar-refractivity contribution in [3.05, 3.63) is 23.2 Å². The molecule has 30 heavy (non-hydrogen) atoms. The van der Waals surface area contributed by atoms with Gasteiger partial charge in [-0.3, -0.25) is 9.59 Å². The van der Waals surface area contributed by atoms with Crippen LogP contribution in [0.15, 0.2) is 18.3 Å².